The molecule has 2 rings (SSSR count). The van der Waals surface area contributed by atoms with Gasteiger partial charge in [0.2, 0.25) is 0 Å². The van der Waals surface area contributed by atoms with Crippen molar-refractivity contribution in [1.82, 2.24) is 0 Å². The number of ketones is 1. The van der Waals surface area contributed by atoms with Crippen molar-refractivity contribution in [3.63, 3.8) is 0 Å². The van der Waals surface area contributed by atoms with Crippen LogP contribution in [0.15, 0.2) is 29.2 Å². The van der Waals surface area contributed by atoms with Gasteiger partial charge in [0, 0.05) is 6.42 Å². The fraction of sp³-hybridized carbons (Fsp3) is 0.417. The molecule has 0 spiro atoms. The molecule has 0 radical (unpaired) electrons. The fourth-order valence-electron chi connectivity index (χ4n) is 1.94. The highest BCUT2D eigenvalue weighted by Gasteiger charge is 2.29. The Labute approximate surface area is 102 Å². The van der Waals surface area contributed by atoms with Crippen molar-refractivity contribution in [3.05, 3.63) is 29.3 Å². The van der Waals surface area contributed by atoms with E-state index < -0.39 is 10.8 Å². The lowest BCUT2D eigenvalue weighted by Gasteiger charge is -2.20. The van der Waals surface area contributed by atoms with E-state index in [9.17, 15) is 9.00 Å². The molecule has 1 aromatic rings. The zero-order chi connectivity index (χ0) is 11.5. The molecule has 86 valence electrons. The van der Waals surface area contributed by atoms with E-state index in [1.807, 2.05) is 0 Å². The predicted molar refractivity (Wildman–Crippen MR) is 65.1 cm³/mol. The number of carbonyl (C=O) groups is 1. The number of halogens is 1. The monoisotopic (exact) mass is 256 g/mol. The Morgan fingerprint density at radius 3 is 2.69 bits per heavy atom. The van der Waals surface area contributed by atoms with E-state index >= 15 is 0 Å². The van der Waals surface area contributed by atoms with Crippen LogP contribution < -0.4 is 0 Å². The van der Waals surface area contributed by atoms with E-state index in [0.717, 1.165) is 19.3 Å². The first-order valence-electron chi connectivity index (χ1n) is 5.38. The van der Waals surface area contributed by atoms with Gasteiger partial charge in [-0.05, 0) is 25.0 Å². The minimum absolute atomic E-state index is 0.115. The van der Waals surface area contributed by atoms with Gasteiger partial charge in [-0.15, -0.1) is 0 Å². The SMILES string of the molecule is O=C1CCCCC1S(=O)c1ccccc1Cl. The Hall–Kier alpha value is -0.670. The second-order valence-corrected chi connectivity index (χ2v) is 5.94. The lowest BCUT2D eigenvalue weighted by atomic mass is 9.99. The third kappa shape index (κ3) is 2.36. The van der Waals surface area contributed by atoms with Crippen LogP contribution in [0.1, 0.15) is 25.7 Å². The molecule has 0 aliphatic heterocycles. The number of Topliss-reactive ketones (excluding diaryl/α,β-unsaturated/α-hetero) is 1. The molecule has 1 aromatic carbocycles. The molecule has 1 aliphatic rings. The number of hydrogen-bond donors (Lipinski definition) is 0. The van der Waals surface area contributed by atoms with Gasteiger partial charge in [0.25, 0.3) is 0 Å². The van der Waals surface area contributed by atoms with Crippen LogP contribution in [0.4, 0.5) is 0 Å². The average molecular weight is 257 g/mol. The third-order valence-electron chi connectivity index (χ3n) is 2.81. The van der Waals surface area contributed by atoms with Crippen LogP contribution in [0.3, 0.4) is 0 Å². The molecule has 2 atom stereocenters. The molecule has 16 heavy (non-hydrogen) atoms. The molecule has 2 unspecified atom stereocenters. The van der Waals surface area contributed by atoms with Crippen molar-refractivity contribution in [3.8, 4) is 0 Å². The first-order chi connectivity index (χ1) is 7.70. The van der Waals surface area contributed by atoms with Crippen LogP contribution in [0, 0.1) is 0 Å². The summed E-state index contributed by atoms with van der Waals surface area (Å²) >= 11 is 5.98. The molecule has 1 saturated carbocycles. The van der Waals surface area contributed by atoms with Gasteiger partial charge < -0.3 is 0 Å². The molecule has 2 nitrogen and oxygen atoms in total. The van der Waals surface area contributed by atoms with Crippen molar-refractivity contribution in [2.45, 2.75) is 35.8 Å². The van der Waals surface area contributed by atoms with E-state index in [1.165, 1.54) is 0 Å². The standard InChI is InChI=1S/C12H13ClO2S/c13-9-5-1-3-7-11(9)16(15)12-8-4-2-6-10(12)14/h1,3,5,7,12H,2,4,6,8H2. The molecule has 1 fully saturated rings. The molecule has 0 heterocycles. The second kappa shape index (κ2) is 5.11. The van der Waals surface area contributed by atoms with Crippen LogP contribution in [-0.2, 0) is 15.6 Å². The van der Waals surface area contributed by atoms with Gasteiger partial charge in [0.1, 0.15) is 5.78 Å². The molecule has 0 bridgehead atoms. The lowest BCUT2D eigenvalue weighted by molar-refractivity contribution is -0.119. The van der Waals surface area contributed by atoms with Gasteiger partial charge >= 0.3 is 0 Å². The molecule has 0 saturated heterocycles. The highest BCUT2D eigenvalue weighted by Crippen LogP contribution is 2.27. The molecular weight excluding hydrogens is 244 g/mol. The van der Waals surface area contributed by atoms with Crippen molar-refractivity contribution in [1.29, 1.82) is 0 Å². The molecular formula is C12H13ClO2S. The van der Waals surface area contributed by atoms with Gasteiger partial charge in [0.05, 0.1) is 26.0 Å². The number of carbonyl (C=O) groups excluding carboxylic acids is 1. The van der Waals surface area contributed by atoms with Crippen LogP contribution in [-0.4, -0.2) is 15.2 Å². The van der Waals surface area contributed by atoms with Crippen molar-refractivity contribution < 1.29 is 9.00 Å². The maximum atomic E-state index is 12.2. The molecule has 4 heteroatoms. The van der Waals surface area contributed by atoms with Gasteiger partial charge in [0.15, 0.2) is 0 Å². The third-order valence-corrected chi connectivity index (χ3v) is 5.06. The van der Waals surface area contributed by atoms with E-state index in [-0.39, 0.29) is 11.0 Å². The predicted octanol–water partition coefficient (Wildman–Crippen LogP) is 2.96. The Morgan fingerprint density at radius 2 is 2.00 bits per heavy atom. The topological polar surface area (TPSA) is 34.1 Å². The van der Waals surface area contributed by atoms with Crippen molar-refractivity contribution >= 4 is 28.2 Å². The summed E-state index contributed by atoms with van der Waals surface area (Å²) in [6, 6.07) is 7.04. The number of rotatable bonds is 2. The second-order valence-electron chi connectivity index (χ2n) is 3.93. The highest BCUT2D eigenvalue weighted by molar-refractivity contribution is 7.86. The molecule has 0 amide bonds. The van der Waals surface area contributed by atoms with Gasteiger partial charge in [-0.2, -0.15) is 0 Å². The summed E-state index contributed by atoms with van der Waals surface area (Å²) in [5, 5.41) is 0.132. The summed E-state index contributed by atoms with van der Waals surface area (Å²) < 4.78 is 12.2. The quantitative estimate of drug-likeness (QED) is 0.815. The van der Waals surface area contributed by atoms with E-state index in [2.05, 4.69) is 0 Å². The fourth-order valence-corrected chi connectivity index (χ4v) is 3.82. The maximum absolute atomic E-state index is 12.2. The minimum atomic E-state index is -1.29. The first kappa shape index (κ1) is 11.8. The average Bonchev–Trinajstić information content (AvgIpc) is 2.29. The van der Waals surface area contributed by atoms with Crippen molar-refractivity contribution in [2.24, 2.45) is 0 Å². The van der Waals surface area contributed by atoms with Gasteiger partial charge in [-0.3, -0.25) is 9.00 Å². The van der Waals surface area contributed by atoms with E-state index in [4.69, 9.17) is 11.6 Å². The zero-order valence-electron chi connectivity index (χ0n) is 8.82. The summed E-state index contributed by atoms with van der Waals surface area (Å²) in [5.41, 5.74) is 0. The number of benzene rings is 1. The summed E-state index contributed by atoms with van der Waals surface area (Å²) in [6.07, 6.45) is 3.18. The zero-order valence-corrected chi connectivity index (χ0v) is 10.4. The molecule has 0 aromatic heterocycles. The first-order valence-corrected chi connectivity index (χ1v) is 6.97. The smallest absolute Gasteiger partial charge is 0.148 e. The maximum Gasteiger partial charge on any atom is 0.148 e. The Balaban J connectivity index is 2.25. The Bertz CT molecular complexity index is 431. The molecule has 0 N–H and O–H groups in total. The van der Waals surface area contributed by atoms with E-state index in [1.54, 1.807) is 24.3 Å². The Kier molecular flexibility index (Phi) is 3.77. The van der Waals surface area contributed by atoms with Gasteiger partial charge in [-0.1, -0.05) is 30.2 Å². The van der Waals surface area contributed by atoms with Crippen LogP contribution >= 0.6 is 11.6 Å². The summed E-state index contributed by atoms with van der Waals surface area (Å²) in [4.78, 5) is 12.3. The summed E-state index contributed by atoms with van der Waals surface area (Å²) in [6.45, 7) is 0. The van der Waals surface area contributed by atoms with Gasteiger partial charge in [-0.25, -0.2) is 0 Å². The summed E-state index contributed by atoms with van der Waals surface area (Å²) in [5.74, 6) is 0.115. The number of hydrogen-bond acceptors (Lipinski definition) is 2. The lowest BCUT2D eigenvalue weighted by Crippen LogP contribution is -2.29. The largest absolute Gasteiger partial charge is 0.298 e. The minimum Gasteiger partial charge on any atom is -0.298 e. The highest BCUT2D eigenvalue weighted by atomic mass is 35.5. The van der Waals surface area contributed by atoms with Crippen LogP contribution in [0.5, 0.6) is 0 Å². The normalized spacial score (nSPS) is 23.1. The summed E-state index contributed by atoms with van der Waals surface area (Å²) in [7, 11) is -1.29. The molecule has 1 aliphatic carbocycles. The Morgan fingerprint density at radius 1 is 1.25 bits per heavy atom. The van der Waals surface area contributed by atoms with Crippen LogP contribution in [0.25, 0.3) is 0 Å². The van der Waals surface area contributed by atoms with Crippen LogP contribution in [0.2, 0.25) is 5.02 Å². The van der Waals surface area contributed by atoms with Crippen molar-refractivity contribution in [2.75, 3.05) is 0 Å². The van der Waals surface area contributed by atoms with E-state index in [0.29, 0.717) is 16.3 Å².